The summed E-state index contributed by atoms with van der Waals surface area (Å²) in [7, 11) is 3.59. The van der Waals surface area contributed by atoms with Gasteiger partial charge in [0.1, 0.15) is 5.75 Å². The van der Waals surface area contributed by atoms with Gasteiger partial charge in [0.05, 0.1) is 25.6 Å². The molecule has 0 saturated carbocycles. The minimum Gasteiger partial charge on any atom is -0.497 e. The molecule has 0 radical (unpaired) electrons. The second kappa shape index (κ2) is 6.12. The Hall–Kier alpha value is -1.46. The highest BCUT2D eigenvalue weighted by Crippen LogP contribution is 2.35. The first-order valence-electron chi connectivity index (χ1n) is 6.07. The van der Waals surface area contributed by atoms with Gasteiger partial charge in [-0.1, -0.05) is 23.9 Å². The molecule has 0 fully saturated rings. The Labute approximate surface area is 117 Å². The van der Waals surface area contributed by atoms with Gasteiger partial charge in [-0.3, -0.25) is 0 Å². The number of aliphatic hydroxyl groups is 1. The van der Waals surface area contributed by atoms with Crippen molar-refractivity contribution in [2.75, 3.05) is 7.11 Å². The summed E-state index contributed by atoms with van der Waals surface area (Å²) in [6.07, 6.45) is 1.71. The van der Waals surface area contributed by atoms with Gasteiger partial charge in [-0.2, -0.15) is 0 Å². The van der Waals surface area contributed by atoms with E-state index in [0.717, 1.165) is 16.6 Å². The summed E-state index contributed by atoms with van der Waals surface area (Å²) >= 11 is 1.66. The van der Waals surface area contributed by atoms with Crippen LogP contribution in [0, 0.1) is 0 Å². The molecule has 0 aliphatic rings. The van der Waals surface area contributed by atoms with Gasteiger partial charge in [-0.15, -0.1) is 0 Å². The number of aromatic nitrogens is 2. The molecule has 2 aromatic rings. The number of hydrogen-bond acceptors (Lipinski definition) is 4. The zero-order chi connectivity index (χ0) is 13.8. The Balaban J connectivity index is 2.15. The van der Waals surface area contributed by atoms with Crippen LogP contribution in [0.1, 0.15) is 23.4 Å². The Morgan fingerprint density at radius 1 is 1.47 bits per heavy atom. The molecule has 0 spiro atoms. The predicted molar refractivity (Wildman–Crippen MR) is 76.4 cm³/mol. The summed E-state index contributed by atoms with van der Waals surface area (Å²) in [5.74, 6) is 0.862. The van der Waals surface area contributed by atoms with E-state index >= 15 is 0 Å². The highest BCUT2D eigenvalue weighted by molar-refractivity contribution is 7.99. The number of rotatable bonds is 5. The fourth-order valence-electron chi connectivity index (χ4n) is 1.80. The third kappa shape index (κ3) is 3.11. The average molecular weight is 278 g/mol. The van der Waals surface area contributed by atoms with Crippen LogP contribution in [0.3, 0.4) is 0 Å². The lowest BCUT2D eigenvalue weighted by molar-refractivity contribution is 0.271. The molecule has 102 valence electrons. The molecule has 2 rings (SSSR count). The monoisotopic (exact) mass is 278 g/mol. The molecule has 19 heavy (non-hydrogen) atoms. The van der Waals surface area contributed by atoms with Gasteiger partial charge in [-0.05, 0) is 24.6 Å². The Bertz CT molecular complexity index is 554. The molecule has 1 atom stereocenters. The van der Waals surface area contributed by atoms with Crippen LogP contribution in [-0.4, -0.2) is 21.8 Å². The van der Waals surface area contributed by atoms with Gasteiger partial charge in [0, 0.05) is 12.3 Å². The number of imidazole rings is 1. The molecule has 4 nitrogen and oxygen atoms in total. The lowest BCUT2D eigenvalue weighted by Crippen LogP contribution is -1.99. The molecule has 0 unspecified atom stereocenters. The molecule has 1 N–H and O–H groups in total. The summed E-state index contributed by atoms with van der Waals surface area (Å²) in [6.45, 7) is 2.14. The summed E-state index contributed by atoms with van der Waals surface area (Å²) in [4.78, 5) is 4.33. The van der Waals surface area contributed by atoms with Crippen LogP contribution in [0.5, 0.6) is 5.75 Å². The third-order valence-electron chi connectivity index (χ3n) is 3.05. The maximum atomic E-state index is 9.16. The molecule has 0 saturated heterocycles. The molecule has 0 bridgehead atoms. The number of hydrogen-bond donors (Lipinski definition) is 1. The molecule has 0 aliphatic carbocycles. The zero-order valence-electron chi connectivity index (χ0n) is 11.3. The van der Waals surface area contributed by atoms with E-state index in [1.54, 1.807) is 25.1 Å². The van der Waals surface area contributed by atoms with E-state index in [2.05, 4.69) is 18.0 Å². The molecule has 1 heterocycles. The SMILES string of the molecule is COc1cccc([C@H](C)Sc2ncc(CO)n2C)c1. The minimum atomic E-state index is 0.0115. The van der Waals surface area contributed by atoms with Crippen molar-refractivity contribution < 1.29 is 9.84 Å². The summed E-state index contributed by atoms with van der Waals surface area (Å²) < 4.78 is 7.16. The molecular weight excluding hydrogens is 260 g/mol. The number of aliphatic hydroxyl groups excluding tert-OH is 1. The number of thioether (sulfide) groups is 1. The van der Waals surface area contributed by atoms with E-state index in [4.69, 9.17) is 9.84 Å². The van der Waals surface area contributed by atoms with E-state index in [-0.39, 0.29) is 11.9 Å². The minimum absolute atomic E-state index is 0.0115. The normalized spacial score (nSPS) is 12.4. The zero-order valence-corrected chi connectivity index (χ0v) is 12.1. The molecule has 1 aromatic carbocycles. The third-order valence-corrected chi connectivity index (χ3v) is 4.26. The quantitative estimate of drug-likeness (QED) is 0.854. The summed E-state index contributed by atoms with van der Waals surface area (Å²) in [6, 6.07) is 8.04. The fourth-order valence-corrected chi connectivity index (χ4v) is 2.79. The standard InChI is InChI=1S/C14H18N2O2S/c1-10(11-5-4-6-13(7-11)18-3)19-14-15-8-12(9-17)16(14)2/h4-8,10,17H,9H2,1-3H3/t10-/m0/s1. The van der Waals surface area contributed by atoms with Crippen LogP contribution < -0.4 is 4.74 Å². The second-order valence-corrected chi connectivity index (χ2v) is 5.59. The Morgan fingerprint density at radius 3 is 2.89 bits per heavy atom. The highest BCUT2D eigenvalue weighted by Gasteiger charge is 2.13. The molecule has 1 aromatic heterocycles. The molecule has 0 amide bonds. The van der Waals surface area contributed by atoms with Crippen molar-refractivity contribution in [2.24, 2.45) is 7.05 Å². The van der Waals surface area contributed by atoms with Crippen molar-refractivity contribution in [2.45, 2.75) is 23.9 Å². The van der Waals surface area contributed by atoms with Gasteiger partial charge in [0.25, 0.3) is 0 Å². The number of ether oxygens (including phenoxy) is 1. The van der Waals surface area contributed by atoms with Gasteiger partial charge in [0.15, 0.2) is 5.16 Å². The van der Waals surface area contributed by atoms with Crippen LogP contribution in [0.25, 0.3) is 0 Å². The first-order chi connectivity index (χ1) is 9.15. The number of nitrogens with zero attached hydrogens (tertiary/aromatic N) is 2. The van der Waals surface area contributed by atoms with Crippen LogP contribution in [0.4, 0.5) is 0 Å². The molecule has 5 heteroatoms. The number of benzene rings is 1. The van der Waals surface area contributed by atoms with Crippen molar-refractivity contribution in [3.8, 4) is 5.75 Å². The first kappa shape index (κ1) is 14.0. The number of methoxy groups -OCH3 is 1. The van der Waals surface area contributed by atoms with E-state index in [1.807, 2.05) is 29.8 Å². The van der Waals surface area contributed by atoms with Gasteiger partial charge in [-0.25, -0.2) is 4.98 Å². The topological polar surface area (TPSA) is 47.3 Å². The summed E-state index contributed by atoms with van der Waals surface area (Å²) in [5.41, 5.74) is 2.01. The van der Waals surface area contributed by atoms with Gasteiger partial charge < -0.3 is 14.4 Å². The highest BCUT2D eigenvalue weighted by atomic mass is 32.2. The maximum Gasteiger partial charge on any atom is 0.168 e. The van der Waals surface area contributed by atoms with Crippen LogP contribution >= 0.6 is 11.8 Å². The van der Waals surface area contributed by atoms with Crippen molar-refractivity contribution >= 4 is 11.8 Å². The molecule has 0 aliphatic heterocycles. The van der Waals surface area contributed by atoms with E-state index < -0.39 is 0 Å². The maximum absolute atomic E-state index is 9.16. The smallest absolute Gasteiger partial charge is 0.168 e. The van der Waals surface area contributed by atoms with Crippen molar-refractivity contribution in [1.29, 1.82) is 0 Å². The van der Waals surface area contributed by atoms with Crippen molar-refractivity contribution in [3.63, 3.8) is 0 Å². The van der Waals surface area contributed by atoms with Crippen molar-refractivity contribution in [3.05, 3.63) is 41.7 Å². The largest absolute Gasteiger partial charge is 0.497 e. The second-order valence-electron chi connectivity index (χ2n) is 4.29. The fraction of sp³-hybridized carbons (Fsp3) is 0.357. The van der Waals surface area contributed by atoms with E-state index in [0.29, 0.717) is 0 Å². The van der Waals surface area contributed by atoms with Crippen LogP contribution in [0.2, 0.25) is 0 Å². The molecular formula is C14H18N2O2S. The van der Waals surface area contributed by atoms with Crippen LogP contribution in [-0.2, 0) is 13.7 Å². The average Bonchev–Trinajstić information content (AvgIpc) is 2.79. The summed E-state index contributed by atoms with van der Waals surface area (Å²) in [5, 5.41) is 10.3. The lowest BCUT2D eigenvalue weighted by Gasteiger charge is -2.12. The first-order valence-corrected chi connectivity index (χ1v) is 6.95. The Morgan fingerprint density at radius 2 is 2.26 bits per heavy atom. The predicted octanol–water partition coefficient (Wildman–Crippen LogP) is 2.77. The lowest BCUT2D eigenvalue weighted by atomic mass is 10.1. The van der Waals surface area contributed by atoms with E-state index in [9.17, 15) is 0 Å². The van der Waals surface area contributed by atoms with Crippen molar-refractivity contribution in [1.82, 2.24) is 9.55 Å². The Kier molecular flexibility index (Phi) is 4.50. The van der Waals surface area contributed by atoms with Gasteiger partial charge in [0.2, 0.25) is 0 Å². The van der Waals surface area contributed by atoms with Crippen LogP contribution in [0.15, 0.2) is 35.6 Å². The van der Waals surface area contributed by atoms with E-state index in [1.165, 1.54) is 5.56 Å². The van der Waals surface area contributed by atoms with Gasteiger partial charge >= 0.3 is 0 Å².